The van der Waals surface area contributed by atoms with E-state index in [4.69, 9.17) is 4.74 Å². The average molecular weight is 287 g/mol. The zero-order valence-corrected chi connectivity index (χ0v) is 12.5. The molecule has 0 atom stereocenters. The summed E-state index contributed by atoms with van der Waals surface area (Å²) in [7, 11) is 3.71. The highest BCUT2D eigenvalue weighted by Crippen LogP contribution is 2.03. The minimum absolute atomic E-state index is 0.0612. The first-order chi connectivity index (χ1) is 10.2. The summed E-state index contributed by atoms with van der Waals surface area (Å²) >= 11 is 0. The molecule has 0 unspecified atom stereocenters. The molecular formula is C16H21N3O2. The molecule has 5 nitrogen and oxygen atoms in total. The van der Waals surface area contributed by atoms with E-state index in [1.54, 1.807) is 18.1 Å². The molecule has 5 heteroatoms. The van der Waals surface area contributed by atoms with E-state index in [-0.39, 0.29) is 5.91 Å². The van der Waals surface area contributed by atoms with Crippen LogP contribution in [0.3, 0.4) is 0 Å². The molecule has 0 aliphatic rings. The first-order valence-electron chi connectivity index (χ1n) is 6.98. The van der Waals surface area contributed by atoms with Crippen molar-refractivity contribution >= 4 is 5.91 Å². The molecule has 0 saturated carbocycles. The van der Waals surface area contributed by atoms with E-state index >= 15 is 0 Å². The predicted octanol–water partition coefficient (Wildman–Crippen LogP) is 1.99. The van der Waals surface area contributed by atoms with Gasteiger partial charge in [0.2, 0.25) is 5.91 Å². The number of aromatic nitrogens is 2. The summed E-state index contributed by atoms with van der Waals surface area (Å²) in [6.45, 7) is 1.48. The summed E-state index contributed by atoms with van der Waals surface area (Å²) < 4.78 is 7.44. The van der Waals surface area contributed by atoms with Crippen molar-refractivity contribution in [2.24, 2.45) is 7.05 Å². The van der Waals surface area contributed by atoms with Crippen LogP contribution in [0.1, 0.15) is 17.8 Å². The van der Waals surface area contributed by atoms with Crippen LogP contribution in [0.2, 0.25) is 0 Å². The molecule has 2 rings (SSSR count). The monoisotopic (exact) mass is 287 g/mol. The largest absolute Gasteiger partial charge is 0.376 e. The third-order valence-corrected chi connectivity index (χ3v) is 3.30. The first-order valence-corrected chi connectivity index (χ1v) is 6.98. The van der Waals surface area contributed by atoms with E-state index < -0.39 is 0 Å². The molecule has 1 aromatic heterocycles. The summed E-state index contributed by atoms with van der Waals surface area (Å²) in [6.07, 6.45) is 3.99. The van der Waals surface area contributed by atoms with Crippen molar-refractivity contribution in [3.8, 4) is 0 Å². The third kappa shape index (κ3) is 4.72. The minimum atomic E-state index is 0.0612. The van der Waals surface area contributed by atoms with Crippen LogP contribution in [0.5, 0.6) is 0 Å². The molecule has 1 amide bonds. The standard InChI is InChI=1S/C16H21N3O2/c1-18-10-9-17-15(18)12-19(2)16(20)8-11-21-13-14-6-4-3-5-7-14/h3-7,9-10H,8,11-13H2,1-2H3. The zero-order valence-electron chi connectivity index (χ0n) is 12.5. The molecule has 0 bridgehead atoms. The molecule has 0 radical (unpaired) electrons. The number of imidazole rings is 1. The summed E-state index contributed by atoms with van der Waals surface area (Å²) in [5.41, 5.74) is 1.12. The lowest BCUT2D eigenvalue weighted by Crippen LogP contribution is -2.28. The molecule has 0 fully saturated rings. The van der Waals surface area contributed by atoms with Crippen LogP contribution in [-0.4, -0.2) is 34.0 Å². The van der Waals surface area contributed by atoms with Gasteiger partial charge in [0.25, 0.3) is 0 Å². The summed E-state index contributed by atoms with van der Waals surface area (Å²) in [6, 6.07) is 9.94. The van der Waals surface area contributed by atoms with Gasteiger partial charge < -0.3 is 14.2 Å². The van der Waals surface area contributed by atoms with Gasteiger partial charge in [-0.1, -0.05) is 30.3 Å². The van der Waals surface area contributed by atoms with Crippen LogP contribution in [0.25, 0.3) is 0 Å². The molecule has 0 saturated heterocycles. The Morgan fingerprint density at radius 1 is 1.33 bits per heavy atom. The second-order valence-electron chi connectivity index (χ2n) is 4.99. The Labute approximate surface area is 125 Å². The van der Waals surface area contributed by atoms with Crippen molar-refractivity contribution in [2.45, 2.75) is 19.6 Å². The number of benzene rings is 1. The fraction of sp³-hybridized carbons (Fsp3) is 0.375. The van der Waals surface area contributed by atoms with Crippen molar-refractivity contribution < 1.29 is 9.53 Å². The molecule has 1 aromatic carbocycles. The van der Waals surface area contributed by atoms with Gasteiger partial charge in [-0.15, -0.1) is 0 Å². The Bertz CT molecular complexity index is 566. The predicted molar refractivity (Wildman–Crippen MR) is 80.4 cm³/mol. The van der Waals surface area contributed by atoms with Crippen molar-refractivity contribution in [3.63, 3.8) is 0 Å². The highest BCUT2D eigenvalue weighted by molar-refractivity contribution is 5.75. The van der Waals surface area contributed by atoms with Crippen LogP contribution in [0, 0.1) is 0 Å². The zero-order chi connectivity index (χ0) is 15.1. The van der Waals surface area contributed by atoms with Gasteiger partial charge in [0.15, 0.2) is 0 Å². The van der Waals surface area contributed by atoms with Gasteiger partial charge in [0.05, 0.1) is 26.2 Å². The van der Waals surface area contributed by atoms with Crippen LogP contribution in [0.4, 0.5) is 0 Å². The van der Waals surface area contributed by atoms with Crippen molar-refractivity contribution in [3.05, 3.63) is 54.1 Å². The maximum atomic E-state index is 12.0. The van der Waals surface area contributed by atoms with Gasteiger partial charge in [0.1, 0.15) is 5.82 Å². The summed E-state index contributed by atoms with van der Waals surface area (Å²) in [5.74, 6) is 0.933. The number of amides is 1. The molecular weight excluding hydrogens is 266 g/mol. The Morgan fingerprint density at radius 3 is 2.76 bits per heavy atom. The number of hydrogen-bond donors (Lipinski definition) is 0. The Hall–Kier alpha value is -2.14. The normalized spacial score (nSPS) is 10.6. The molecule has 2 aromatic rings. The van der Waals surface area contributed by atoms with Gasteiger partial charge in [-0.25, -0.2) is 4.98 Å². The van der Waals surface area contributed by atoms with Crippen LogP contribution < -0.4 is 0 Å². The first kappa shape index (κ1) is 15.3. The van der Waals surface area contributed by atoms with Gasteiger partial charge in [0, 0.05) is 26.5 Å². The van der Waals surface area contributed by atoms with Crippen LogP contribution in [0.15, 0.2) is 42.7 Å². The van der Waals surface area contributed by atoms with E-state index in [0.29, 0.717) is 26.2 Å². The maximum absolute atomic E-state index is 12.0. The van der Waals surface area contributed by atoms with Crippen LogP contribution >= 0.6 is 0 Å². The Balaban J connectivity index is 1.68. The SMILES string of the molecule is CN(Cc1nccn1C)C(=O)CCOCc1ccccc1. The van der Waals surface area contributed by atoms with Gasteiger partial charge >= 0.3 is 0 Å². The van der Waals surface area contributed by atoms with E-state index in [1.807, 2.05) is 48.1 Å². The number of ether oxygens (including phenoxy) is 1. The van der Waals surface area contributed by atoms with Crippen molar-refractivity contribution in [2.75, 3.05) is 13.7 Å². The van der Waals surface area contributed by atoms with E-state index in [1.165, 1.54) is 0 Å². The maximum Gasteiger partial charge on any atom is 0.225 e. The van der Waals surface area contributed by atoms with Gasteiger partial charge in [-0.2, -0.15) is 0 Å². The average Bonchev–Trinajstić information content (AvgIpc) is 2.89. The lowest BCUT2D eigenvalue weighted by Gasteiger charge is -2.16. The molecule has 0 N–H and O–H groups in total. The third-order valence-electron chi connectivity index (χ3n) is 3.30. The minimum Gasteiger partial charge on any atom is -0.376 e. The number of nitrogens with zero attached hydrogens (tertiary/aromatic N) is 3. The quantitative estimate of drug-likeness (QED) is 0.732. The Morgan fingerprint density at radius 2 is 2.10 bits per heavy atom. The number of carbonyl (C=O) groups excluding carboxylic acids is 1. The molecule has 21 heavy (non-hydrogen) atoms. The summed E-state index contributed by atoms with van der Waals surface area (Å²) in [4.78, 5) is 17.9. The molecule has 0 aliphatic heterocycles. The molecule has 112 valence electrons. The summed E-state index contributed by atoms with van der Waals surface area (Å²) in [5, 5.41) is 0. The van der Waals surface area contributed by atoms with Crippen molar-refractivity contribution in [1.29, 1.82) is 0 Å². The second kappa shape index (κ2) is 7.59. The fourth-order valence-corrected chi connectivity index (χ4v) is 1.96. The lowest BCUT2D eigenvalue weighted by molar-refractivity contribution is -0.131. The smallest absolute Gasteiger partial charge is 0.225 e. The van der Waals surface area contributed by atoms with Gasteiger partial charge in [-0.3, -0.25) is 4.79 Å². The fourth-order valence-electron chi connectivity index (χ4n) is 1.96. The number of rotatable bonds is 7. The highest BCUT2D eigenvalue weighted by Gasteiger charge is 2.11. The topological polar surface area (TPSA) is 47.4 Å². The van der Waals surface area contributed by atoms with Crippen LogP contribution in [-0.2, 0) is 29.7 Å². The van der Waals surface area contributed by atoms with Gasteiger partial charge in [-0.05, 0) is 5.56 Å². The lowest BCUT2D eigenvalue weighted by atomic mass is 10.2. The highest BCUT2D eigenvalue weighted by atomic mass is 16.5. The second-order valence-corrected chi connectivity index (χ2v) is 4.99. The van der Waals surface area contributed by atoms with E-state index in [9.17, 15) is 4.79 Å². The van der Waals surface area contributed by atoms with E-state index in [0.717, 1.165) is 11.4 Å². The number of carbonyl (C=O) groups is 1. The number of aryl methyl sites for hydroxylation is 1. The molecule has 1 heterocycles. The van der Waals surface area contributed by atoms with E-state index in [2.05, 4.69) is 4.98 Å². The molecule has 0 aliphatic carbocycles. The number of hydrogen-bond acceptors (Lipinski definition) is 3. The Kier molecular flexibility index (Phi) is 5.51. The van der Waals surface area contributed by atoms with Crippen molar-refractivity contribution in [1.82, 2.24) is 14.5 Å². The molecule has 0 spiro atoms.